The molecule has 27 heavy (non-hydrogen) atoms. The zero-order chi connectivity index (χ0) is 18.5. The molecule has 0 heterocycles. The molecule has 0 spiro atoms. The monoisotopic (exact) mass is 388 g/mol. The van der Waals surface area contributed by atoms with Crippen LogP contribution in [-0.2, 0) is 17.6 Å². The minimum absolute atomic E-state index is 0. The number of hydrogen-bond donors (Lipinski definition) is 2. The molecule has 1 aliphatic carbocycles. The summed E-state index contributed by atoms with van der Waals surface area (Å²) in [5.41, 5.74) is 10.1. The predicted octanol–water partition coefficient (Wildman–Crippen LogP) is 4.46. The smallest absolute Gasteiger partial charge is 0.224 e. The van der Waals surface area contributed by atoms with Crippen molar-refractivity contribution in [3.63, 3.8) is 0 Å². The van der Waals surface area contributed by atoms with E-state index in [4.69, 9.17) is 10.5 Å². The molecule has 0 aliphatic heterocycles. The number of carbonyl (C=O) groups excluding carboxylic acids is 1. The Morgan fingerprint density at radius 3 is 2.67 bits per heavy atom. The van der Waals surface area contributed by atoms with Gasteiger partial charge in [0.25, 0.3) is 0 Å². The summed E-state index contributed by atoms with van der Waals surface area (Å²) < 4.78 is 5.69. The van der Waals surface area contributed by atoms with E-state index in [0.717, 1.165) is 36.3 Å². The number of benzene rings is 2. The zero-order valence-corrected chi connectivity index (χ0v) is 16.9. The molecule has 1 atom stereocenters. The molecule has 2 aromatic carbocycles. The van der Waals surface area contributed by atoms with Crippen LogP contribution in [0.1, 0.15) is 49.4 Å². The lowest BCUT2D eigenvalue weighted by molar-refractivity contribution is -0.121. The second kappa shape index (κ2) is 9.65. The van der Waals surface area contributed by atoms with Crippen LogP contribution < -0.4 is 15.8 Å². The molecule has 0 aromatic heterocycles. The van der Waals surface area contributed by atoms with Crippen molar-refractivity contribution in [2.24, 2.45) is 5.92 Å². The summed E-state index contributed by atoms with van der Waals surface area (Å²) >= 11 is 0. The number of amides is 1. The summed E-state index contributed by atoms with van der Waals surface area (Å²) in [5.74, 6) is 1.39. The molecular weight excluding hydrogens is 360 g/mol. The van der Waals surface area contributed by atoms with Gasteiger partial charge in [-0.05, 0) is 66.1 Å². The van der Waals surface area contributed by atoms with Gasteiger partial charge in [0.1, 0.15) is 5.75 Å². The van der Waals surface area contributed by atoms with Crippen LogP contribution in [0.3, 0.4) is 0 Å². The number of carbonyl (C=O) groups is 1. The van der Waals surface area contributed by atoms with Gasteiger partial charge in [-0.25, -0.2) is 0 Å². The molecule has 4 nitrogen and oxygen atoms in total. The first-order chi connectivity index (χ1) is 12.5. The van der Waals surface area contributed by atoms with Gasteiger partial charge in [0.2, 0.25) is 5.91 Å². The van der Waals surface area contributed by atoms with Crippen molar-refractivity contribution in [1.82, 2.24) is 5.32 Å². The highest BCUT2D eigenvalue weighted by Crippen LogP contribution is 2.31. The van der Waals surface area contributed by atoms with Crippen molar-refractivity contribution in [2.45, 2.75) is 45.6 Å². The third kappa shape index (κ3) is 5.90. The highest BCUT2D eigenvalue weighted by atomic mass is 35.5. The molecule has 146 valence electrons. The molecule has 0 bridgehead atoms. The number of rotatable bonds is 6. The van der Waals surface area contributed by atoms with Crippen LogP contribution in [0.25, 0.3) is 0 Å². The van der Waals surface area contributed by atoms with Gasteiger partial charge in [0.15, 0.2) is 0 Å². The van der Waals surface area contributed by atoms with Crippen molar-refractivity contribution >= 4 is 24.0 Å². The number of aryl methyl sites for hydroxylation is 1. The number of nitrogen functional groups attached to an aromatic ring is 1. The maximum Gasteiger partial charge on any atom is 0.224 e. The Hall–Kier alpha value is -2.20. The average Bonchev–Trinajstić information content (AvgIpc) is 2.61. The first-order valence-corrected chi connectivity index (χ1v) is 9.40. The van der Waals surface area contributed by atoms with Gasteiger partial charge in [-0.2, -0.15) is 0 Å². The Morgan fingerprint density at radius 1 is 1.22 bits per heavy atom. The number of nitrogens with two attached hydrogens (primary N) is 1. The second-order valence-corrected chi connectivity index (χ2v) is 7.50. The second-order valence-electron chi connectivity index (χ2n) is 7.50. The van der Waals surface area contributed by atoms with E-state index in [1.807, 2.05) is 36.4 Å². The van der Waals surface area contributed by atoms with E-state index in [1.165, 1.54) is 11.1 Å². The van der Waals surface area contributed by atoms with Crippen LogP contribution in [0.2, 0.25) is 0 Å². The molecule has 2 aromatic rings. The van der Waals surface area contributed by atoms with E-state index in [9.17, 15) is 4.79 Å². The van der Waals surface area contributed by atoms with Crippen LogP contribution in [0.4, 0.5) is 5.69 Å². The average molecular weight is 389 g/mol. The fourth-order valence-corrected chi connectivity index (χ4v) is 3.38. The van der Waals surface area contributed by atoms with E-state index < -0.39 is 0 Å². The Balaban J connectivity index is 0.00000261. The lowest BCUT2D eigenvalue weighted by atomic mass is 9.87. The van der Waals surface area contributed by atoms with Gasteiger partial charge in [-0.3, -0.25) is 4.79 Å². The Labute approximate surface area is 167 Å². The van der Waals surface area contributed by atoms with Gasteiger partial charge in [-0.1, -0.05) is 32.0 Å². The van der Waals surface area contributed by atoms with Crippen LogP contribution in [-0.4, -0.2) is 12.5 Å². The fraction of sp³-hybridized carbons (Fsp3) is 0.409. The number of ether oxygens (including phenoxy) is 1. The Morgan fingerprint density at radius 2 is 1.96 bits per heavy atom. The maximum atomic E-state index is 12.5. The molecule has 0 saturated heterocycles. The van der Waals surface area contributed by atoms with E-state index in [2.05, 4.69) is 25.2 Å². The topological polar surface area (TPSA) is 64.3 Å². The molecule has 5 heteroatoms. The lowest BCUT2D eigenvalue weighted by Crippen LogP contribution is -2.32. The van der Waals surface area contributed by atoms with E-state index in [0.29, 0.717) is 18.9 Å². The SMILES string of the molecule is CC(C)COc1ccc(CC(=O)NC2CCCc3cc(N)ccc32)cc1.Cl. The van der Waals surface area contributed by atoms with Crippen LogP contribution in [0.5, 0.6) is 5.75 Å². The highest BCUT2D eigenvalue weighted by Gasteiger charge is 2.21. The van der Waals surface area contributed by atoms with Gasteiger partial charge >= 0.3 is 0 Å². The summed E-state index contributed by atoms with van der Waals surface area (Å²) in [5, 5.41) is 3.19. The predicted molar refractivity (Wildman–Crippen MR) is 112 cm³/mol. The van der Waals surface area contributed by atoms with E-state index in [1.54, 1.807) is 0 Å². The molecule has 0 saturated carbocycles. The first kappa shape index (κ1) is 21.1. The zero-order valence-electron chi connectivity index (χ0n) is 16.0. The maximum absolute atomic E-state index is 12.5. The molecule has 0 radical (unpaired) electrons. The van der Waals surface area contributed by atoms with E-state index in [-0.39, 0.29) is 24.4 Å². The summed E-state index contributed by atoms with van der Waals surface area (Å²) in [6.07, 6.45) is 3.46. The molecule has 3 rings (SSSR count). The number of halogens is 1. The molecule has 1 aliphatic rings. The van der Waals surface area contributed by atoms with Gasteiger partial charge < -0.3 is 15.8 Å². The number of fused-ring (bicyclic) bond motifs is 1. The van der Waals surface area contributed by atoms with Gasteiger partial charge in [0.05, 0.1) is 19.1 Å². The third-order valence-electron chi connectivity index (χ3n) is 4.69. The van der Waals surface area contributed by atoms with Crippen LogP contribution >= 0.6 is 12.4 Å². The lowest BCUT2D eigenvalue weighted by Gasteiger charge is -2.26. The van der Waals surface area contributed by atoms with Gasteiger partial charge in [0, 0.05) is 5.69 Å². The number of hydrogen-bond acceptors (Lipinski definition) is 3. The summed E-state index contributed by atoms with van der Waals surface area (Å²) in [4.78, 5) is 12.5. The fourth-order valence-electron chi connectivity index (χ4n) is 3.38. The van der Waals surface area contributed by atoms with Crippen molar-refractivity contribution < 1.29 is 9.53 Å². The first-order valence-electron chi connectivity index (χ1n) is 9.40. The largest absolute Gasteiger partial charge is 0.493 e. The summed E-state index contributed by atoms with van der Waals surface area (Å²) in [6.45, 7) is 4.94. The van der Waals surface area contributed by atoms with Crippen LogP contribution in [0.15, 0.2) is 42.5 Å². The molecule has 1 unspecified atom stereocenters. The molecule has 0 fully saturated rings. The normalized spacial score (nSPS) is 15.6. The van der Waals surface area contributed by atoms with Crippen molar-refractivity contribution in [3.05, 3.63) is 59.2 Å². The Bertz CT molecular complexity index is 759. The number of anilines is 1. The summed E-state index contributed by atoms with van der Waals surface area (Å²) in [6, 6.07) is 13.9. The third-order valence-corrected chi connectivity index (χ3v) is 4.69. The molecule has 1 amide bonds. The minimum Gasteiger partial charge on any atom is -0.493 e. The minimum atomic E-state index is 0. The molecular formula is C22H29ClN2O2. The van der Waals surface area contributed by atoms with E-state index >= 15 is 0 Å². The van der Waals surface area contributed by atoms with Crippen molar-refractivity contribution in [3.8, 4) is 5.75 Å². The van der Waals surface area contributed by atoms with Crippen molar-refractivity contribution in [2.75, 3.05) is 12.3 Å². The summed E-state index contributed by atoms with van der Waals surface area (Å²) in [7, 11) is 0. The quantitative estimate of drug-likeness (QED) is 0.718. The van der Waals surface area contributed by atoms with Crippen LogP contribution in [0, 0.1) is 5.92 Å². The highest BCUT2D eigenvalue weighted by molar-refractivity contribution is 5.85. The van der Waals surface area contributed by atoms with Gasteiger partial charge in [-0.15, -0.1) is 12.4 Å². The standard InChI is InChI=1S/C22H28N2O2.ClH/c1-15(2)14-26-19-9-6-16(7-10-19)12-22(25)24-21-5-3-4-17-13-18(23)8-11-20(17)21;/h6-11,13,15,21H,3-5,12,14,23H2,1-2H3,(H,24,25);1H. The van der Waals surface area contributed by atoms with Crippen molar-refractivity contribution in [1.29, 1.82) is 0 Å². The molecule has 3 N–H and O–H groups in total. The number of nitrogens with one attached hydrogen (secondary N) is 1. The Kier molecular flexibility index (Phi) is 7.55.